The highest BCUT2D eigenvalue weighted by atomic mass is 32.1. The second kappa shape index (κ2) is 5.30. The van der Waals surface area contributed by atoms with Crippen LogP contribution in [0, 0.1) is 11.8 Å². The van der Waals surface area contributed by atoms with Gasteiger partial charge in [0.05, 0.1) is 9.88 Å². The zero-order chi connectivity index (χ0) is 14.3. The van der Waals surface area contributed by atoms with Gasteiger partial charge in [-0.15, -0.1) is 11.3 Å². The van der Waals surface area contributed by atoms with E-state index in [1.54, 1.807) is 0 Å². The van der Waals surface area contributed by atoms with Gasteiger partial charge in [0.1, 0.15) is 0 Å². The van der Waals surface area contributed by atoms with E-state index in [4.69, 9.17) is 0 Å². The molecule has 3 rings (SSSR count). The normalized spacial score (nSPS) is 29.3. The third-order valence-electron chi connectivity index (χ3n) is 4.57. The monoisotopic (exact) mass is 304 g/mol. The Labute approximate surface area is 120 Å². The van der Waals surface area contributed by atoms with Crippen molar-refractivity contribution >= 4 is 11.3 Å². The van der Waals surface area contributed by atoms with Crippen LogP contribution in [0.3, 0.4) is 0 Å². The molecule has 3 unspecified atom stereocenters. The van der Waals surface area contributed by atoms with Crippen molar-refractivity contribution in [3.05, 3.63) is 15.6 Å². The molecule has 2 bridgehead atoms. The number of fused-ring (bicyclic) bond motifs is 2. The van der Waals surface area contributed by atoms with Crippen LogP contribution in [-0.4, -0.2) is 11.5 Å². The molecule has 112 valence electrons. The molecule has 0 aliphatic heterocycles. The first-order valence-corrected chi connectivity index (χ1v) is 8.08. The number of aromatic nitrogens is 1. The molecule has 3 atom stereocenters. The summed E-state index contributed by atoms with van der Waals surface area (Å²) in [5.41, 5.74) is -0.666. The summed E-state index contributed by atoms with van der Waals surface area (Å²) >= 11 is 1.27. The molecule has 0 amide bonds. The number of rotatable bonds is 4. The van der Waals surface area contributed by atoms with E-state index >= 15 is 0 Å². The SMILES string of the molecule is CCNCc1sc(C2CC3CCC2C3)nc1C(F)(F)F. The molecule has 2 nitrogen and oxygen atoms in total. The quantitative estimate of drug-likeness (QED) is 0.903. The maximum Gasteiger partial charge on any atom is 0.434 e. The van der Waals surface area contributed by atoms with Crippen molar-refractivity contribution in [2.24, 2.45) is 11.8 Å². The molecule has 2 fully saturated rings. The largest absolute Gasteiger partial charge is 0.434 e. The summed E-state index contributed by atoms with van der Waals surface area (Å²) in [6.07, 6.45) is 0.309. The molecule has 0 aromatic carbocycles. The van der Waals surface area contributed by atoms with Crippen molar-refractivity contribution in [3.63, 3.8) is 0 Å². The van der Waals surface area contributed by atoms with Crippen LogP contribution in [0.1, 0.15) is 54.1 Å². The van der Waals surface area contributed by atoms with Crippen LogP contribution in [0.25, 0.3) is 0 Å². The number of alkyl halides is 3. The maximum absolute atomic E-state index is 13.1. The minimum atomic E-state index is -4.34. The molecule has 0 saturated heterocycles. The molecule has 20 heavy (non-hydrogen) atoms. The number of hydrogen-bond acceptors (Lipinski definition) is 3. The first-order chi connectivity index (χ1) is 9.49. The van der Waals surface area contributed by atoms with Crippen molar-refractivity contribution in [3.8, 4) is 0 Å². The molecule has 6 heteroatoms. The van der Waals surface area contributed by atoms with Gasteiger partial charge >= 0.3 is 6.18 Å². The number of thiazole rings is 1. The average molecular weight is 304 g/mol. The van der Waals surface area contributed by atoms with Crippen LogP contribution in [0.4, 0.5) is 13.2 Å². The number of nitrogens with one attached hydrogen (secondary N) is 1. The van der Waals surface area contributed by atoms with Gasteiger partial charge in [0, 0.05) is 12.5 Å². The van der Waals surface area contributed by atoms with Crippen LogP contribution in [0.5, 0.6) is 0 Å². The summed E-state index contributed by atoms with van der Waals surface area (Å²) in [7, 11) is 0. The predicted octanol–water partition coefficient (Wildman–Crippen LogP) is 4.18. The van der Waals surface area contributed by atoms with Gasteiger partial charge in [-0.05, 0) is 37.6 Å². The first kappa shape index (κ1) is 14.3. The van der Waals surface area contributed by atoms with E-state index in [2.05, 4.69) is 10.3 Å². The average Bonchev–Trinajstić information content (AvgIpc) is 3.09. The van der Waals surface area contributed by atoms with Crippen molar-refractivity contribution in [2.45, 2.75) is 51.2 Å². The second-order valence-corrected chi connectivity index (χ2v) is 7.00. The van der Waals surface area contributed by atoms with E-state index in [1.165, 1.54) is 30.6 Å². The lowest BCUT2D eigenvalue weighted by molar-refractivity contribution is -0.141. The van der Waals surface area contributed by atoms with Gasteiger partial charge in [0.25, 0.3) is 0 Å². The number of hydrogen-bond donors (Lipinski definition) is 1. The van der Waals surface area contributed by atoms with Crippen LogP contribution < -0.4 is 5.32 Å². The first-order valence-electron chi connectivity index (χ1n) is 7.26. The van der Waals surface area contributed by atoms with Crippen molar-refractivity contribution in [1.29, 1.82) is 0 Å². The summed E-state index contributed by atoms with van der Waals surface area (Å²) in [5.74, 6) is 1.56. The van der Waals surface area contributed by atoms with E-state index in [-0.39, 0.29) is 12.5 Å². The summed E-state index contributed by atoms with van der Waals surface area (Å²) < 4.78 is 39.2. The minimum absolute atomic E-state index is 0.268. The molecule has 0 spiro atoms. The zero-order valence-electron chi connectivity index (χ0n) is 11.5. The third-order valence-corrected chi connectivity index (χ3v) is 5.76. The smallest absolute Gasteiger partial charge is 0.312 e. The Bertz CT molecular complexity index is 483. The fourth-order valence-corrected chi connectivity index (χ4v) is 4.92. The fourth-order valence-electron chi connectivity index (χ4n) is 3.66. The Morgan fingerprint density at radius 1 is 1.30 bits per heavy atom. The van der Waals surface area contributed by atoms with Gasteiger partial charge in [0.2, 0.25) is 0 Å². The predicted molar refractivity (Wildman–Crippen MR) is 72.7 cm³/mol. The van der Waals surface area contributed by atoms with Crippen molar-refractivity contribution in [1.82, 2.24) is 10.3 Å². The fraction of sp³-hybridized carbons (Fsp3) is 0.786. The molecular weight excluding hydrogens is 285 g/mol. The molecule has 1 aromatic rings. The molecule has 1 N–H and O–H groups in total. The van der Waals surface area contributed by atoms with Crippen LogP contribution in [-0.2, 0) is 12.7 Å². The lowest BCUT2D eigenvalue weighted by atomic mass is 9.89. The van der Waals surface area contributed by atoms with Crippen LogP contribution in [0.2, 0.25) is 0 Å². The zero-order valence-corrected chi connectivity index (χ0v) is 12.3. The van der Waals surface area contributed by atoms with Crippen molar-refractivity contribution in [2.75, 3.05) is 6.54 Å². The van der Waals surface area contributed by atoms with E-state index in [0.29, 0.717) is 17.3 Å². The van der Waals surface area contributed by atoms with E-state index in [9.17, 15) is 13.2 Å². The maximum atomic E-state index is 13.1. The summed E-state index contributed by atoms with van der Waals surface area (Å²) in [6, 6.07) is 0. The Hall–Kier alpha value is -0.620. The molecule has 2 aliphatic rings. The third kappa shape index (κ3) is 2.60. The molecule has 2 aliphatic carbocycles. The summed E-state index contributed by atoms with van der Waals surface area (Å²) in [5, 5.41) is 3.71. The van der Waals surface area contributed by atoms with Crippen LogP contribution in [0.15, 0.2) is 0 Å². The van der Waals surface area contributed by atoms with Gasteiger partial charge in [0.15, 0.2) is 5.69 Å². The Kier molecular flexibility index (Phi) is 3.79. The van der Waals surface area contributed by atoms with Crippen LogP contribution >= 0.6 is 11.3 Å². The second-order valence-electron chi connectivity index (χ2n) is 5.88. The van der Waals surface area contributed by atoms with Gasteiger partial charge < -0.3 is 5.32 Å². The van der Waals surface area contributed by atoms with Crippen molar-refractivity contribution < 1.29 is 13.2 Å². The number of nitrogens with zero attached hydrogens (tertiary/aromatic N) is 1. The number of halogens is 3. The van der Waals surface area contributed by atoms with Gasteiger partial charge in [-0.2, -0.15) is 13.2 Å². The van der Waals surface area contributed by atoms with Gasteiger partial charge in [-0.1, -0.05) is 13.3 Å². The highest BCUT2D eigenvalue weighted by molar-refractivity contribution is 7.11. The van der Waals surface area contributed by atoms with Gasteiger partial charge in [-0.3, -0.25) is 0 Å². The molecule has 1 heterocycles. The minimum Gasteiger partial charge on any atom is -0.312 e. The lowest BCUT2D eigenvalue weighted by Crippen LogP contribution is -2.16. The Morgan fingerprint density at radius 2 is 2.10 bits per heavy atom. The van der Waals surface area contributed by atoms with Gasteiger partial charge in [-0.25, -0.2) is 4.98 Å². The molecule has 2 saturated carbocycles. The summed E-state index contributed by atoms with van der Waals surface area (Å²) in [6.45, 7) is 2.83. The standard InChI is InChI=1S/C14H19F3N2S/c1-2-18-7-11-12(14(15,16)17)19-13(20-11)10-6-8-3-4-9(10)5-8/h8-10,18H,2-7H2,1H3. The van der Waals surface area contributed by atoms with E-state index < -0.39 is 11.9 Å². The molecular formula is C14H19F3N2S. The van der Waals surface area contributed by atoms with E-state index in [0.717, 1.165) is 17.3 Å². The lowest BCUT2D eigenvalue weighted by Gasteiger charge is -2.18. The Balaban J connectivity index is 1.86. The highest BCUT2D eigenvalue weighted by Crippen LogP contribution is 2.54. The Morgan fingerprint density at radius 3 is 2.65 bits per heavy atom. The topological polar surface area (TPSA) is 24.9 Å². The van der Waals surface area contributed by atoms with E-state index in [1.807, 2.05) is 6.92 Å². The molecule has 1 aromatic heterocycles. The molecule has 0 radical (unpaired) electrons. The highest BCUT2D eigenvalue weighted by Gasteiger charge is 2.44. The summed E-state index contributed by atoms with van der Waals surface area (Å²) in [4.78, 5) is 4.33.